The maximum atomic E-state index is 11.8. The number of imide groups is 1. The molecule has 0 N–H and O–H groups in total. The predicted molar refractivity (Wildman–Crippen MR) is 81.1 cm³/mol. The smallest absolute Gasteiger partial charge is 0.293 e. The second kappa shape index (κ2) is 6.37. The molecule has 0 unspecified atom stereocenters. The van der Waals surface area contributed by atoms with Crippen molar-refractivity contribution in [1.29, 1.82) is 0 Å². The van der Waals surface area contributed by atoms with Crippen LogP contribution in [0.1, 0.15) is 5.56 Å². The van der Waals surface area contributed by atoms with Crippen molar-refractivity contribution < 1.29 is 19.1 Å². The number of carbonyl (C=O) groups excluding carboxylic acids is 2. The number of likely N-dealkylation sites (N-methyl/N-ethyl adjacent to an activating group) is 1. The maximum Gasteiger partial charge on any atom is 0.293 e. The molecule has 1 saturated heterocycles. The van der Waals surface area contributed by atoms with Gasteiger partial charge in [-0.2, -0.15) is 0 Å². The molecule has 1 aliphatic heterocycles. The fourth-order valence-electron chi connectivity index (χ4n) is 1.71. The number of hydrogen-bond donors (Lipinski definition) is 0. The van der Waals surface area contributed by atoms with E-state index in [1.165, 1.54) is 14.2 Å². The van der Waals surface area contributed by atoms with Crippen LogP contribution in [0.5, 0.6) is 11.5 Å². The van der Waals surface area contributed by atoms with Crippen LogP contribution in [0.15, 0.2) is 23.1 Å². The minimum Gasteiger partial charge on any atom is -0.493 e. The standard InChI is InChI=1S/C15H13NO4S/c1-4-7-20-11-6-5-10(8-12(11)19-3)9-13-14(17)16(2)15(18)21-13/h1,5-6,8-9H,7H2,2-3H3/b13-9-. The Morgan fingerprint density at radius 2 is 2.14 bits per heavy atom. The Balaban J connectivity index is 2.28. The van der Waals surface area contributed by atoms with Crippen LogP contribution in [-0.2, 0) is 4.79 Å². The third kappa shape index (κ3) is 3.20. The molecular formula is C15H13NO4S. The van der Waals surface area contributed by atoms with E-state index in [1.807, 2.05) is 0 Å². The first-order valence-corrected chi connectivity index (χ1v) is 6.84. The molecule has 0 radical (unpaired) electrons. The summed E-state index contributed by atoms with van der Waals surface area (Å²) in [5.41, 5.74) is 0.735. The SMILES string of the molecule is C#CCOc1ccc(/C=C2\SC(=O)N(C)C2=O)cc1OC. The zero-order valence-corrected chi connectivity index (χ0v) is 12.4. The summed E-state index contributed by atoms with van der Waals surface area (Å²) in [4.78, 5) is 24.7. The number of benzene rings is 1. The molecule has 0 bridgehead atoms. The monoisotopic (exact) mass is 303 g/mol. The number of amides is 2. The van der Waals surface area contributed by atoms with Crippen molar-refractivity contribution in [2.45, 2.75) is 0 Å². The summed E-state index contributed by atoms with van der Waals surface area (Å²) in [5.74, 6) is 3.10. The van der Waals surface area contributed by atoms with E-state index in [1.54, 1.807) is 24.3 Å². The van der Waals surface area contributed by atoms with Crippen LogP contribution in [0.25, 0.3) is 6.08 Å². The van der Waals surface area contributed by atoms with Gasteiger partial charge >= 0.3 is 0 Å². The lowest BCUT2D eigenvalue weighted by Crippen LogP contribution is -2.22. The fourth-order valence-corrected chi connectivity index (χ4v) is 2.54. The van der Waals surface area contributed by atoms with Gasteiger partial charge in [-0.1, -0.05) is 12.0 Å². The number of terminal acetylenes is 1. The zero-order chi connectivity index (χ0) is 15.4. The number of ether oxygens (including phenoxy) is 2. The van der Waals surface area contributed by atoms with Crippen molar-refractivity contribution in [3.8, 4) is 23.8 Å². The summed E-state index contributed by atoms with van der Waals surface area (Å²) < 4.78 is 10.6. The van der Waals surface area contributed by atoms with Gasteiger partial charge in [0.15, 0.2) is 11.5 Å². The average molecular weight is 303 g/mol. The summed E-state index contributed by atoms with van der Waals surface area (Å²) in [6, 6.07) is 5.19. The second-order valence-corrected chi connectivity index (χ2v) is 5.14. The number of carbonyl (C=O) groups is 2. The van der Waals surface area contributed by atoms with Crippen molar-refractivity contribution in [2.75, 3.05) is 20.8 Å². The van der Waals surface area contributed by atoms with Crippen molar-refractivity contribution in [3.05, 3.63) is 28.7 Å². The van der Waals surface area contributed by atoms with E-state index in [0.29, 0.717) is 16.4 Å². The lowest BCUT2D eigenvalue weighted by Gasteiger charge is -2.09. The van der Waals surface area contributed by atoms with Gasteiger partial charge in [-0.25, -0.2) is 0 Å². The molecule has 0 aromatic heterocycles. The molecule has 6 heteroatoms. The van der Waals surface area contributed by atoms with E-state index in [0.717, 1.165) is 22.2 Å². The van der Waals surface area contributed by atoms with Crippen molar-refractivity contribution in [1.82, 2.24) is 4.90 Å². The Labute approximate surface area is 126 Å². The van der Waals surface area contributed by atoms with Gasteiger partial charge in [0.2, 0.25) is 0 Å². The number of hydrogen-bond acceptors (Lipinski definition) is 5. The van der Waals surface area contributed by atoms with Gasteiger partial charge in [0.25, 0.3) is 11.1 Å². The molecule has 108 valence electrons. The van der Waals surface area contributed by atoms with Gasteiger partial charge in [0.05, 0.1) is 12.0 Å². The Kier molecular flexibility index (Phi) is 4.55. The van der Waals surface area contributed by atoms with Crippen LogP contribution < -0.4 is 9.47 Å². The van der Waals surface area contributed by atoms with Gasteiger partial charge in [0, 0.05) is 7.05 Å². The highest BCUT2D eigenvalue weighted by atomic mass is 32.2. The normalized spacial score (nSPS) is 16.2. The van der Waals surface area contributed by atoms with Gasteiger partial charge < -0.3 is 9.47 Å². The number of nitrogens with zero attached hydrogens (tertiary/aromatic N) is 1. The predicted octanol–water partition coefficient (Wildman–Crippen LogP) is 2.37. The van der Waals surface area contributed by atoms with Gasteiger partial charge in [-0.15, -0.1) is 6.42 Å². The average Bonchev–Trinajstić information content (AvgIpc) is 2.73. The second-order valence-electron chi connectivity index (χ2n) is 4.14. The molecule has 1 aromatic carbocycles. The molecule has 0 spiro atoms. The fraction of sp³-hybridized carbons (Fsp3) is 0.200. The van der Waals surface area contributed by atoms with Crippen LogP contribution in [0.3, 0.4) is 0 Å². The van der Waals surface area contributed by atoms with Crippen LogP contribution in [-0.4, -0.2) is 36.8 Å². The van der Waals surface area contributed by atoms with Crippen LogP contribution in [0.2, 0.25) is 0 Å². The first-order chi connectivity index (χ1) is 10.1. The molecule has 1 aliphatic rings. The van der Waals surface area contributed by atoms with E-state index in [9.17, 15) is 9.59 Å². The molecule has 0 saturated carbocycles. The highest BCUT2D eigenvalue weighted by Gasteiger charge is 2.31. The molecular weight excluding hydrogens is 290 g/mol. The molecule has 5 nitrogen and oxygen atoms in total. The Hall–Kier alpha value is -2.39. The van der Waals surface area contributed by atoms with Crippen molar-refractivity contribution in [2.24, 2.45) is 0 Å². The van der Waals surface area contributed by atoms with E-state index < -0.39 is 0 Å². The van der Waals surface area contributed by atoms with E-state index in [2.05, 4.69) is 5.92 Å². The number of methoxy groups -OCH3 is 1. The first kappa shape index (κ1) is 15.0. The highest BCUT2D eigenvalue weighted by Crippen LogP contribution is 2.33. The Bertz CT molecular complexity index is 660. The maximum absolute atomic E-state index is 11.8. The third-order valence-electron chi connectivity index (χ3n) is 2.78. The summed E-state index contributed by atoms with van der Waals surface area (Å²) >= 11 is 0.908. The van der Waals surface area contributed by atoms with E-state index in [-0.39, 0.29) is 17.8 Å². The van der Waals surface area contributed by atoms with Gasteiger partial charge in [-0.05, 0) is 35.5 Å². The number of thioether (sulfide) groups is 1. The quantitative estimate of drug-likeness (QED) is 0.631. The summed E-state index contributed by atoms with van der Waals surface area (Å²) in [6.45, 7) is 0.143. The summed E-state index contributed by atoms with van der Waals surface area (Å²) in [6.07, 6.45) is 6.79. The van der Waals surface area contributed by atoms with E-state index in [4.69, 9.17) is 15.9 Å². The largest absolute Gasteiger partial charge is 0.493 e. The van der Waals surface area contributed by atoms with Crippen LogP contribution >= 0.6 is 11.8 Å². The van der Waals surface area contributed by atoms with Crippen LogP contribution in [0, 0.1) is 12.3 Å². The molecule has 1 fully saturated rings. The minimum atomic E-state index is -0.309. The first-order valence-electron chi connectivity index (χ1n) is 6.02. The lowest BCUT2D eigenvalue weighted by atomic mass is 10.2. The van der Waals surface area contributed by atoms with Crippen molar-refractivity contribution >= 4 is 29.0 Å². The molecule has 1 aromatic rings. The third-order valence-corrected chi connectivity index (χ3v) is 3.74. The molecule has 21 heavy (non-hydrogen) atoms. The summed E-state index contributed by atoms with van der Waals surface area (Å²) in [5, 5.41) is -0.285. The van der Waals surface area contributed by atoms with E-state index >= 15 is 0 Å². The van der Waals surface area contributed by atoms with Crippen molar-refractivity contribution in [3.63, 3.8) is 0 Å². The van der Waals surface area contributed by atoms with Crippen LogP contribution in [0.4, 0.5) is 4.79 Å². The Morgan fingerprint density at radius 3 is 2.71 bits per heavy atom. The summed E-state index contributed by atoms with van der Waals surface area (Å²) in [7, 11) is 2.97. The highest BCUT2D eigenvalue weighted by molar-refractivity contribution is 8.18. The molecule has 0 aliphatic carbocycles. The number of rotatable bonds is 4. The van der Waals surface area contributed by atoms with Gasteiger partial charge in [-0.3, -0.25) is 14.5 Å². The van der Waals surface area contributed by atoms with Gasteiger partial charge in [0.1, 0.15) is 6.61 Å². The molecule has 0 atom stereocenters. The molecule has 1 heterocycles. The Morgan fingerprint density at radius 1 is 1.38 bits per heavy atom. The molecule has 2 amide bonds. The minimum absolute atomic E-state index is 0.143. The molecule has 2 rings (SSSR count). The zero-order valence-electron chi connectivity index (χ0n) is 11.6. The lowest BCUT2D eigenvalue weighted by molar-refractivity contribution is -0.121. The topological polar surface area (TPSA) is 55.8 Å².